The molecule has 0 spiro atoms. The Morgan fingerprint density at radius 1 is 1.20 bits per heavy atom. The molecule has 2 bridgehead atoms. The fourth-order valence-electron chi connectivity index (χ4n) is 3.42. The fourth-order valence-corrected chi connectivity index (χ4v) is 3.42. The van der Waals surface area contributed by atoms with Crippen molar-refractivity contribution < 1.29 is 14.3 Å². The molecule has 2 fully saturated rings. The third-order valence-corrected chi connectivity index (χ3v) is 4.75. The van der Waals surface area contributed by atoms with Gasteiger partial charge in [-0.15, -0.1) is 0 Å². The molecule has 6 heteroatoms. The minimum atomic E-state index is -0.209. The van der Waals surface area contributed by atoms with Crippen molar-refractivity contribution in [2.45, 2.75) is 39.0 Å². The van der Waals surface area contributed by atoms with Crippen LogP contribution in [0.1, 0.15) is 25.8 Å². The summed E-state index contributed by atoms with van der Waals surface area (Å²) < 4.78 is 5.91. The van der Waals surface area contributed by atoms with Crippen LogP contribution in [0.4, 0.5) is 4.79 Å². The molecule has 136 valence electrons. The molecule has 2 N–H and O–H groups in total. The number of nitrogens with zero attached hydrogens (tertiary/aromatic N) is 1. The maximum absolute atomic E-state index is 12.5. The highest BCUT2D eigenvalue weighted by Gasteiger charge is 2.45. The Labute approximate surface area is 148 Å². The van der Waals surface area contributed by atoms with Crippen LogP contribution in [0.3, 0.4) is 0 Å². The molecule has 0 aromatic heterocycles. The predicted octanol–water partition coefficient (Wildman–Crippen LogP) is 1.76. The zero-order chi connectivity index (χ0) is 17.8. The highest BCUT2D eigenvalue weighted by Crippen LogP contribution is 2.32. The lowest BCUT2D eigenvalue weighted by Crippen LogP contribution is -2.51. The zero-order valence-electron chi connectivity index (χ0n) is 14.9. The van der Waals surface area contributed by atoms with E-state index < -0.39 is 0 Å². The first-order chi connectivity index (χ1) is 12.0. The van der Waals surface area contributed by atoms with E-state index in [1.165, 1.54) is 0 Å². The molecule has 2 saturated heterocycles. The molecule has 0 aliphatic carbocycles. The van der Waals surface area contributed by atoms with E-state index in [1.807, 2.05) is 30.3 Å². The van der Waals surface area contributed by atoms with Gasteiger partial charge in [0.15, 0.2) is 0 Å². The summed E-state index contributed by atoms with van der Waals surface area (Å²) in [6.07, 6.45) is 0.426. The minimum Gasteiger partial charge on any atom is -0.370 e. The zero-order valence-corrected chi connectivity index (χ0v) is 14.9. The maximum atomic E-state index is 12.5. The van der Waals surface area contributed by atoms with Crippen LogP contribution in [-0.4, -0.2) is 48.7 Å². The second kappa shape index (κ2) is 7.87. The number of carbonyl (C=O) groups is 2. The van der Waals surface area contributed by atoms with Crippen LogP contribution in [0.2, 0.25) is 0 Å². The van der Waals surface area contributed by atoms with Gasteiger partial charge in [0, 0.05) is 26.2 Å². The van der Waals surface area contributed by atoms with E-state index in [1.54, 1.807) is 4.90 Å². The summed E-state index contributed by atoms with van der Waals surface area (Å²) in [7, 11) is 0. The molecule has 3 rings (SSSR count). The van der Waals surface area contributed by atoms with Crippen molar-refractivity contribution in [3.8, 4) is 0 Å². The van der Waals surface area contributed by atoms with Crippen molar-refractivity contribution in [3.63, 3.8) is 0 Å². The molecule has 2 aliphatic rings. The van der Waals surface area contributed by atoms with Crippen molar-refractivity contribution in [1.82, 2.24) is 15.5 Å². The summed E-state index contributed by atoms with van der Waals surface area (Å²) >= 11 is 0. The van der Waals surface area contributed by atoms with Crippen molar-refractivity contribution in [2.24, 2.45) is 11.8 Å². The number of likely N-dealkylation sites (tertiary alicyclic amines) is 1. The van der Waals surface area contributed by atoms with Gasteiger partial charge in [-0.2, -0.15) is 0 Å². The van der Waals surface area contributed by atoms with E-state index in [0.29, 0.717) is 38.5 Å². The van der Waals surface area contributed by atoms with Gasteiger partial charge in [0.1, 0.15) is 0 Å². The number of hydrogen-bond acceptors (Lipinski definition) is 3. The van der Waals surface area contributed by atoms with E-state index in [0.717, 1.165) is 5.56 Å². The second-order valence-corrected chi connectivity index (χ2v) is 7.33. The van der Waals surface area contributed by atoms with Crippen LogP contribution in [0.15, 0.2) is 30.3 Å². The summed E-state index contributed by atoms with van der Waals surface area (Å²) in [5.41, 5.74) is 1.08. The van der Waals surface area contributed by atoms with Gasteiger partial charge in [-0.25, -0.2) is 4.79 Å². The number of morpholine rings is 1. The Hall–Kier alpha value is -2.08. The van der Waals surface area contributed by atoms with Gasteiger partial charge in [0.2, 0.25) is 5.91 Å². The summed E-state index contributed by atoms with van der Waals surface area (Å²) in [5.74, 6) is 0.246. The Morgan fingerprint density at radius 3 is 2.68 bits per heavy atom. The molecule has 3 atom stereocenters. The number of rotatable bonds is 5. The summed E-state index contributed by atoms with van der Waals surface area (Å²) in [6.45, 7) is 6.35. The average Bonchev–Trinajstić information content (AvgIpc) is 2.92. The Balaban J connectivity index is 1.52. The largest absolute Gasteiger partial charge is 0.370 e. The van der Waals surface area contributed by atoms with Crippen molar-refractivity contribution in [3.05, 3.63) is 35.9 Å². The standard InChI is InChI=1S/C19H27N3O3/c1-13(2)9-21-19(24)22-11-15-8-16(17(12-22)25-15)18(23)20-10-14-6-4-3-5-7-14/h3-7,13,15-17H,8-12H2,1-2H3,(H,20,23)(H,21,24)/t15-,16-,17-/m0/s1. The van der Waals surface area contributed by atoms with Crippen molar-refractivity contribution in [1.29, 1.82) is 0 Å². The van der Waals surface area contributed by atoms with Gasteiger partial charge in [-0.3, -0.25) is 4.79 Å². The van der Waals surface area contributed by atoms with Crippen molar-refractivity contribution >= 4 is 11.9 Å². The normalized spacial score (nSPS) is 25.1. The highest BCUT2D eigenvalue weighted by atomic mass is 16.5. The number of urea groups is 1. The van der Waals surface area contributed by atoms with Crippen molar-refractivity contribution in [2.75, 3.05) is 19.6 Å². The number of benzene rings is 1. The maximum Gasteiger partial charge on any atom is 0.317 e. The number of hydrogen-bond donors (Lipinski definition) is 2. The lowest BCUT2D eigenvalue weighted by Gasteiger charge is -2.33. The minimum absolute atomic E-state index is 0.0146. The molecule has 0 unspecified atom stereocenters. The third-order valence-electron chi connectivity index (χ3n) is 4.75. The van der Waals surface area contributed by atoms with E-state index >= 15 is 0 Å². The van der Waals surface area contributed by atoms with E-state index in [2.05, 4.69) is 24.5 Å². The van der Waals surface area contributed by atoms with Gasteiger partial charge >= 0.3 is 6.03 Å². The van der Waals surface area contributed by atoms with Gasteiger partial charge in [-0.05, 0) is 17.9 Å². The summed E-state index contributed by atoms with van der Waals surface area (Å²) in [4.78, 5) is 26.6. The summed E-state index contributed by atoms with van der Waals surface area (Å²) in [5, 5.41) is 5.94. The molecule has 2 aliphatic heterocycles. The average molecular weight is 345 g/mol. The molecule has 3 amide bonds. The van der Waals surface area contributed by atoms with Crippen LogP contribution in [0.5, 0.6) is 0 Å². The van der Waals surface area contributed by atoms with Crippen LogP contribution in [0, 0.1) is 11.8 Å². The predicted molar refractivity (Wildman–Crippen MR) is 94.9 cm³/mol. The smallest absolute Gasteiger partial charge is 0.317 e. The fraction of sp³-hybridized carbons (Fsp3) is 0.579. The molecule has 1 aromatic carbocycles. The van der Waals surface area contributed by atoms with Gasteiger partial charge in [-0.1, -0.05) is 44.2 Å². The molecule has 0 radical (unpaired) electrons. The van der Waals surface area contributed by atoms with Gasteiger partial charge in [0.05, 0.1) is 18.1 Å². The number of nitrogens with one attached hydrogen (secondary N) is 2. The van der Waals surface area contributed by atoms with E-state index in [4.69, 9.17) is 4.74 Å². The monoisotopic (exact) mass is 345 g/mol. The van der Waals surface area contributed by atoms with Crippen LogP contribution >= 0.6 is 0 Å². The third kappa shape index (κ3) is 4.51. The van der Waals surface area contributed by atoms with Crippen LogP contribution in [-0.2, 0) is 16.1 Å². The highest BCUT2D eigenvalue weighted by molar-refractivity contribution is 5.80. The Morgan fingerprint density at radius 2 is 1.96 bits per heavy atom. The summed E-state index contributed by atoms with van der Waals surface area (Å²) in [6, 6.07) is 9.80. The Kier molecular flexibility index (Phi) is 5.58. The SMILES string of the molecule is CC(C)CNC(=O)N1C[C@@H]2C[C@H](C(=O)NCc3ccccc3)[C@H](C1)O2. The second-order valence-electron chi connectivity index (χ2n) is 7.33. The topological polar surface area (TPSA) is 70.7 Å². The molecular formula is C19H27N3O3. The van der Waals surface area contributed by atoms with Crippen LogP contribution < -0.4 is 10.6 Å². The number of amides is 3. The first-order valence-electron chi connectivity index (χ1n) is 9.03. The van der Waals surface area contributed by atoms with Gasteiger partial charge in [0.25, 0.3) is 0 Å². The lowest BCUT2D eigenvalue weighted by atomic mass is 9.99. The first-order valence-corrected chi connectivity index (χ1v) is 9.03. The molecular weight excluding hydrogens is 318 g/mol. The molecule has 25 heavy (non-hydrogen) atoms. The van der Waals surface area contributed by atoms with Gasteiger partial charge < -0.3 is 20.3 Å². The molecule has 1 aromatic rings. The molecule has 0 saturated carbocycles. The van der Waals surface area contributed by atoms with E-state index in [-0.39, 0.29) is 30.1 Å². The molecule has 2 heterocycles. The van der Waals surface area contributed by atoms with E-state index in [9.17, 15) is 9.59 Å². The number of fused-ring (bicyclic) bond motifs is 2. The Bertz CT molecular complexity index is 605. The quantitative estimate of drug-likeness (QED) is 0.854. The van der Waals surface area contributed by atoms with Crippen LogP contribution in [0.25, 0.3) is 0 Å². The lowest BCUT2D eigenvalue weighted by molar-refractivity contribution is -0.127. The number of carbonyl (C=O) groups excluding carboxylic acids is 2. The first kappa shape index (κ1) is 17.7. The number of ether oxygens (including phenoxy) is 1. The molecule has 6 nitrogen and oxygen atoms in total.